The molecule has 1 aliphatic heterocycles. The second-order valence-corrected chi connectivity index (χ2v) is 8.57. The monoisotopic (exact) mass is 545 g/mol. The summed E-state index contributed by atoms with van der Waals surface area (Å²) in [5.41, 5.74) is 13.5. The molecule has 3 aromatic carbocycles. The fourth-order valence-electron chi connectivity index (χ4n) is 3.68. The Morgan fingerprint density at radius 3 is 2.37 bits per heavy atom. The number of halogens is 2. The molecule has 8 nitrogen and oxygen atoms in total. The first kappa shape index (κ1) is 29.1. The Balaban J connectivity index is 0.00000400. The number of nitrogens with two attached hydrogens (primary N) is 2. The number of hydrogen-bond acceptors (Lipinski definition) is 7. The van der Waals surface area contributed by atoms with Gasteiger partial charge in [0.25, 0.3) is 5.91 Å². The van der Waals surface area contributed by atoms with Gasteiger partial charge in [-0.2, -0.15) is 0 Å². The van der Waals surface area contributed by atoms with Gasteiger partial charge in [-0.15, -0.1) is 0 Å². The zero-order chi connectivity index (χ0) is 26.5. The second-order valence-electron chi connectivity index (χ2n) is 8.16. The van der Waals surface area contributed by atoms with E-state index in [1.165, 1.54) is 60.7 Å². The van der Waals surface area contributed by atoms with Gasteiger partial charge in [-0.05, 0) is 66.6 Å². The number of carbonyl (C=O) groups excluding carboxylic acids is 2. The van der Waals surface area contributed by atoms with E-state index in [4.69, 9.17) is 32.5 Å². The quantitative estimate of drug-likeness (QED) is 0.289. The fraction of sp³-hybridized carbons (Fsp3) is 0.111. The van der Waals surface area contributed by atoms with E-state index in [0.29, 0.717) is 40.3 Å². The summed E-state index contributed by atoms with van der Waals surface area (Å²) in [5, 5.41) is 14.1. The minimum Gasteiger partial charge on any atom is -0.549 e. The molecule has 5 N–H and O–H groups in total. The van der Waals surface area contributed by atoms with Crippen LogP contribution in [0.5, 0.6) is 17.2 Å². The molecule has 0 radical (unpaired) electrons. The summed E-state index contributed by atoms with van der Waals surface area (Å²) in [4.78, 5) is 23.9. The molecule has 0 aliphatic carbocycles. The molecule has 1 amide bonds. The van der Waals surface area contributed by atoms with E-state index >= 15 is 0 Å². The van der Waals surface area contributed by atoms with Crippen LogP contribution in [-0.2, 0) is 4.79 Å². The molecule has 0 saturated heterocycles. The molecule has 0 spiro atoms. The van der Waals surface area contributed by atoms with Crippen LogP contribution in [0.4, 0.5) is 4.39 Å². The van der Waals surface area contributed by atoms with Crippen LogP contribution in [0.25, 0.3) is 5.70 Å². The van der Waals surface area contributed by atoms with E-state index in [1.54, 1.807) is 12.1 Å². The molecule has 1 unspecified atom stereocenters. The number of aliphatic carboxylic acids is 1. The number of carbonyl (C=O) groups is 2. The molecular formula is C27H22ClFN3NaO5. The van der Waals surface area contributed by atoms with Crippen LogP contribution < -0.4 is 60.9 Å². The van der Waals surface area contributed by atoms with Crippen LogP contribution in [-0.4, -0.2) is 18.5 Å². The second kappa shape index (κ2) is 12.8. The number of amides is 1. The van der Waals surface area contributed by atoms with E-state index in [2.05, 4.69) is 5.32 Å². The van der Waals surface area contributed by atoms with Gasteiger partial charge in [0.05, 0.1) is 11.6 Å². The Hall–Kier alpha value is -3.50. The average Bonchev–Trinajstić information content (AvgIpc) is 2.88. The number of fused-ring (bicyclic) bond motifs is 1. The zero-order valence-electron chi connectivity index (χ0n) is 20.4. The smallest absolute Gasteiger partial charge is 0.549 e. The van der Waals surface area contributed by atoms with Crippen molar-refractivity contribution < 1.29 is 58.1 Å². The Labute approximate surface area is 245 Å². The molecule has 0 aromatic heterocycles. The first-order valence-corrected chi connectivity index (χ1v) is 11.5. The molecule has 190 valence electrons. The largest absolute Gasteiger partial charge is 1.00 e. The van der Waals surface area contributed by atoms with Crippen molar-refractivity contribution in [1.82, 2.24) is 5.32 Å². The zero-order valence-corrected chi connectivity index (χ0v) is 23.1. The van der Waals surface area contributed by atoms with Crippen molar-refractivity contribution in [1.29, 1.82) is 0 Å². The maximum absolute atomic E-state index is 13.0. The van der Waals surface area contributed by atoms with Crippen molar-refractivity contribution in [3.63, 3.8) is 0 Å². The van der Waals surface area contributed by atoms with Crippen molar-refractivity contribution in [2.45, 2.75) is 12.3 Å². The Morgan fingerprint density at radius 1 is 1.05 bits per heavy atom. The van der Waals surface area contributed by atoms with Crippen LogP contribution in [0.15, 0.2) is 78.6 Å². The molecule has 38 heavy (non-hydrogen) atoms. The van der Waals surface area contributed by atoms with E-state index in [0.717, 1.165) is 0 Å². The molecule has 0 bridgehead atoms. The summed E-state index contributed by atoms with van der Waals surface area (Å²) in [6, 6.07) is 14.9. The predicted molar refractivity (Wildman–Crippen MR) is 134 cm³/mol. The first-order valence-electron chi connectivity index (χ1n) is 11.2. The normalized spacial score (nSPS) is 14.9. The van der Waals surface area contributed by atoms with Gasteiger partial charge in [0.15, 0.2) is 0 Å². The maximum Gasteiger partial charge on any atom is 1.00 e. The third-order valence-corrected chi connectivity index (χ3v) is 5.91. The van der Waals surface area contributed by atoms with Crippen LogP contribution >= 0.6 is 11.6 Å². The average molecular weight is 546 g/mol. The van der Waals surface area contributed by atoms with Crippen LogP contribution in [0.1, 0.15) is 33.8 Å². The summed E-state index contributed by atoms with van der Waals surface area (Å²) in [7, 11) is 0. The first-order chi connectivity index (χ1) is 17.7. The number of hydrogen-bond donors (Lipinski definition) is 3. The SMILES string of the molecule is N/C(=C\C=C(/N)NC(=O)c1ccc(Oc2cc3c(cc2Cl)C(C(=O)[O-])CCO3)cc1)c1ccc(F)cc1.[Na+]. The summed E-state index contributed by atoms with van der Waals surface area (Å²) < 4.78 is 24.4. The van der Waals surface area contributed by atoms with Crippen molar-refractivity contribution in [2.24, 2.45) is 11.5 Å². The van der Waals surface area contributed by atoms with Crippen molar-refractivity contribution >= 4 is 29.2 Å². The van der Waals surface area contributed by atoms with E-state index < -0.39 is 17.8 Å². The standard InChI is InChI=1S/C27H23ClFN3O5.Na/c28-21-13-20-19(27(34)35)11-12-36-23(20)14-24(21)37-18-7-3-16(4-8-18)26(33)32-25(31)10-9-22(30)15-1-5-17(29)6-2-15;/h1-10,13-14,19H,11-12,30-31H2,(H,32,33)(H,34,35);/q;+1/p-1/b22-9-,25-10+;. The van der Waals surface area contributed by atoms with Gasteiger partial charge >= 0.3 is 29.6 Å². The maximum atomic E-state index is 13.0. The van der Waals surface area contributed by atoms with Gasteiger partial charge in [0.1, 0.15) is 28.9 Å². The third kappa shape index (κ3) is 7.08. The number of carboxylic acids is 1. The predicted octanol–water partition coefficient (Wildman–Crippen LogP) is 0.421. The summed E-state index contributed by atoms with van der Waals surface area (Å²) in [6.07, 6.45) is 3.23. The molecule has 0 fully saturated rings. The van der Waals surface area contributed by atoms with Gasteiger partial charge in [-0.1, -0.05) is 23.7 Å². The summed E-state index contributed by atoms with van der Waals surface area (Å²) >= 11 is 6.31. The van der Waals surface area contributed by atoms with Gasteiger partial charge in [-0.3, -0.25) is 4.79 Å². The summed E-state index contributed by atoms with van der Waals surface area (Å²) in [5.74, 6) is -1.73. The van der Waals surface area contributed by atoms with Gasteiger partial charge in [0, 0.05) is 34.8 Å². The van der Waals surface area contributed by atoms with Crippen LogP contribution in [0, 0.1) is 5.82 Å². The van der Waals surface area contributed by atoms with Crippen molar-refractivity contribution in [2.75, 3.05) is 6.61 Å². The molecule has 1 atom stereocenters. The van der Waals surface area contributed by atoms with Gasteiger partial charge in [0.2, 0.25) is 0 Å². The van der Waals surface area contributed by atoms with E-state index in [-0.39, 0.29) is 58.6 Å². The number of ether oxygens (including phenoxy) is 2. The number of benzene rings is 3. The molecule has 11 heteroatoms. The molecule has 0 saturated carbocycles. The fourth-order valence-corrected chi connectivity index (χ4v) is 3.89. The minimum atomic E-state index is -1.19. The van der Waals surface area contributed by atoms with E-state index in [1.807, 2.05) is 0 Å². The Bertz CT molecular complexity index is 1400. The van der Waals surface area contributed by atoms with Gasteiger partial charge in [-0.25, -0.2) is 4.39 Å². The van der Waals surface area contributed by atoms with E-state index in [9.17, 15) is 19.1 Å². The minimum absolute atomic E-state index is 0. The molecule has 3 aromatic rings. The molecule has 1 heterocycles. The molecular weight excluding hydrogens is 524 g/mol. The number of nitrogens with one attached hydrogen (secondary N) is 1. The Kier molecular flexibility index (Phi) is 9.82. The number of allylic oxidation sites excluding steroid dienone is 2. The number of rotatable bonds is 7. The van der Waals surface area contributed by atoms with Gasteiger partial charge < -0.3 is 36.2 Å². The topological polar surface area (TPSA) is 140 Å². The van der Waals surface area contributed by atoms with Crippen molar-refractivity contribution in [3.8, 4) is 17.2 Å². The molecule has 1 aliphatic rings. The number of carboxylic acid groups (broad SMARTS) is 1. The summed E-state index contributed by atoms with van der Waals surface area (Å²) in [6.45, 7) is 0.239. The van der Waals surface area contributed by atoms with Crippen LogP contribution in [0.3, 0.4) is 0 Å². The molecule has 4 rings (SSSR count). The Morgan fingerprint density at radius 2 is 1.71 bits per heavy atom. The third-order valence-electron chi connectivity index (χ3n) is 5.61. The van der Waals surface area contributed by atoms with Crippen LogP contribution in [0.2, 0.25) is 5.02 Å². The van der Waals surface area contributed by atoms with Crippen molar-refractivity contribution in [3.05, 3.63) is 106 Å².